The first kappa shape index (κ1) is 21.0. The van der Waals surface area contributed by atoms with Gasteiger partial charge in [0.2, 0.25) is 0 Å². The minimum atomic E-state index is -3.97. The van der Waals surface area contributed by atoms with E-state index in [1.54, 1.807) is 42.5 Å². The Bertz CT molecular complexity index is 952. The van der Waals surface area contributed by atoms with Crippen molar-refractivity contribution in [1.29, 1.82) is 0 Å². The van der Waals surface area contributed by atoms with Crippen LogP contribution in [-0.2, 0) is 11.0 Å². The van der Waals surface area contributed by atoms with E-state index < -0.39 is 7.82 Å². The van der Waals surface area contributed by atoms with Crippen LogP contribution in [0.4, 0.5) is 0 Å². The summed E-state index contributed by atoms with van der Waals surface area (Å²) in [5.41, 5.74) is 2.28. The highest BCUT2D eigenvalue weighted by molar-refractivity contribution is 7.49. The Balaban J connectivity index is 1.87. The third kappa shape index (κ3) is 6.13. The molecule has 0 unspecified atom stereocenters. The first-order valence-electron chi connectivity index (χ1n) is 9.90. The molecule has 0 N–H and O–H groups in total. The number of phosphoric ester groups is 1. The van der Waals surface area contributed by atoms with E-state index in [0.29, 0.717) is 23.2 Å². The van der Waals surface area contributed by atoms with Crippen molar-refractivity contribution in [2.24, 2.45) is 0 Å². The van der Waals surface area contributed by atoms with E-state index in [2.05, 4.69) is 20.8 Å². The molecule has 3 rings (SSSR count). The standard InChI is InChI=1S/C24H27O4P/c1-4-9-20-14-16-23(17-15-20)27-29(25,26-22-11-6-5-7-12-22)28-24-13-8-10-21(18-24)19(2)3/h5-8,10-19H,4,9H2,1-3H3/t29-/m1/s1. The van der Waals surface area contributed by atoms with Crippen molar-refractivity contribution in [3.63, 3.8) is 0 Å². The lowest BCUT2D eigenvalue weighted by Crippen LogP contribution is -2.08. The smallest absolute Gasteiger partial charge is 0.386 e. The maximum Gasteiger partial charge on any atom is 0.647 e. The zero-order chi connectivity index (χ0) is 20.7. The summed E-state index contributed by atoms with van der Waals surface area (Å²) in [6, 6.07) is 23.9. The maximum absolute atomic E-state index is 13.5. The molecule has 0 fully saturated rings. The van der Waals surface area contributed by atoms with E-state index in [4.69, 9.17) is 13.6 Å². The topological polar surface area (TPSA) is 44.8 Å². The second-order valence-corrected chi connectivity index (χ2v) is 8.60. The average molecular weight is 410 g/mol. The lowest BCUT2D eigenvalue weighted by atomic mass is 10.0. The van der Waals surface area contributed by atoms with E-state index >= 15 is 0 Å². The van der Waals surface area contributed by atoms with Crippen LogP contribution < -0.4 is 13.6 Å². The molecule has 0 heterocycles. The molecule has 0 spiro atoms. The monoisotopic (exact) mass is 410 g/mol. The quantitative estimate of drug-likeness (QED) is 0.345. The van der Waals surface area contributed by atoms with E-state index in [-0.39, 0.29) is 0 Å². The molecule has 4 nitrogen and oxygen atoms in total. The van der Waals surface area contributed by atoms with E-state index in [0.717, 1.165) is 18.4 Å². The second-order valence-electron chi connectivity index (χ2n) is 7.16. The van der Waals surface area contributed by atoms with Gasteiger partial charge in [0.25, 0.3) is 0 Å². The number of benzene rings is 3. The number of phosphoric acid groups is 1. The lowest BCUT2D eigenvalue weighted by molar-refractivity contribution is 0.298. The van der Waals surface area contributed by atoms with Crippen LogP contribution in [0.5, 0.6) is 17.2 Å². The molecule has 5 heteroatoms. The van der Waals surface area contributed by atoms with Crippen molar-refractivity contribution in [1.82, 2.24) is 0 Å². The van der Waals surface area contributed by atoms with Crippen molar-refractivity contribution in [3.8, 4) is 17.2 Å². The fourth-order valence-corrected chi connectivity index (χ4v) is 4.10. The zero-order valence-electron chi connectivity index (χ0n) is 17.1. The number of hydrogen-bond acceptors (Lipinski definition) is 4. The van der Waals surface area contributed by atoms with Gasteiger partial charge in [0.05, 0.1) is 0 Å². The molecule has 0 aliphatic heterocycles. The van der Waals surface area contributed by atoms with Gasteiger partial charge >= 0.3 is 7.82 Å². The van der Waals surface area contributed by atoms with Crippen molar-refractivity contribution in [2.75, 3.05) is 0 Å². The Kier molecular flexibility index (Phi) is 7.00. The largest absolute Gasteiger partial charge is 0.647 e. The second kappa shape index (κ2) is 9.67. The normalized spacial score (nSPS) is 13.0. The van der Waals surface area contributed by atoms with Crippen molar-refractivity contribution < 1.29 is 18.1 Å². The average Bonchev–Trinajstić information content (AvgIpc) is 2.70. The minimum Gasteiger partial charge on any atom is -0.386 e. The van der Waals surface area contributed by atoms with E-state index in [1.807, 2.05) is 36.4 Å². The van der Waals surface area contributed by atoms with Crippen LogP contribution in [-0.4, -0.2) is 0 Å². The number of hydrogen-bond donors (Lipinski definition) is 0. The summed E-state index contributed by atoms with van der Waals surface area (Å²) in [5, 5.41) is 0. The van der Waals surface area contributed by atoms with Crippen LogP contribution in [0, 0.1) is 0 Å². The molecule has 3 aromatic carbocycles. The summed E-state index contributed by atoms with van der Waals surface area (Å²) in [4.78, 5) is 0. The fraction of sp³-hybridized carbons (Fsp3) is 0.250. The number of rotatable bonds is 9. The summed E-state index contributed by atoms with van der Waals surface area (Å²) < 4.78 is 30.8. The van der Waals surface area contributed by atoms with Gasteiger partial charge in [0.1, 0.15) is 17.2 Å². The predicted octanol–water partition coefficient (Wildman–Crippen LogP) is 7.41. The molecule has 0 aliphatic carbocycles. The Morgan fingerprint density at radius 1 is 0.759 bits per heavy atom. The van der Waals surface area contributed by atoms with Crippen molar-refractivity contribution in [3.05, 3.63) is 90.0 Å². The summed E-state index contributed by atoms with van der Waals surface area (Å²) in [6.45, 7) is 6.31. The molecule has 3 aromatic rings. The lowest BCUT2D eigenvalue weighted by Gasteiger charge is -2.20. The van der Waals surface area contributed by atoms with Crippen LogP contribution in [0.2, 0.25) is 0 Å². The fourth-order valence-electron chi connectivity index (χ4n) is 2.86. The third-order valence-electron chi connectivity index (χ3n) is 4.38. The van der Waals surface area contributed by atoms with Gasteiger partial charge in [-0.1, -0.05) is 69.7 Å². The van der Waals surface area contributed by atoms with Crippen molar-refractivity contribution >= 4 is 7.82 Å². The van der Waals surface area contributed by atoms with Gasteiger partial charge in [-0.15, -0.1) is 0 Å². The molecule has 0 bridgehead atoms. The van der Waals surface area contributed by atoms with Crippen LogP contribution in [0.3, 0.4) is 0 Å². The van der Waals surface area contributed by atoms with Gasteiger partial charge < -0.3 is 13.6 Å². The molecule has 0 saturated carbocycles. The summed E-state index contributed by atoms with van der Waals surface area (Å²) in [5.74, 6) is 1.61. The van der Waals surface area contributed by atoms with Crippen LogP contribution in [0.15, 0.2) is 78.9 Å². The van der Waals surface area contributed by atoms with Gasteiger partial charge in [-0.3, -0.25) is 0 Å². The Hall–Kier alpha value is -2.71. The highest BCUT2D eigenvalue weighted by Crippen LogP contribution is 2.50. The van der Waals surface area contributed by atoms with Crippen LogP contribution >= 0.6 is 7.82 Å². The number of para-hydroxylation sites is 1. The SMILES string of the molecule is CCCc1ccc(O[P@@](=O)(Oc2ccccc2)Oc2cccc(C(C)C)c2)cc1. The van der Waals surface area contributed by atoms with Crippen LogP contribution in [0.1, 0.15) is 44.2 Å². The molecular formula is C24H27O4P. The predicted molar refractivity (Wildman–Crippen MR) is 117 cm³/mol. The van der Waals surface area contributed by atoms with Crippen molar-refractivity contribution in [2.45, 2.75) is 39.5 Å². The molecule has 0 amide bonds. The summed E-state index contributed by atoms with van der Waals surface area (Å²) in [7, 11) is -3.97. The summed E-state index contributed by atoms with van der Waals surface area (Å²) in [6.07, 6.45) is 2.04. The van der Waals surface area contributed by atoms with Gasteiger partial charge in [-0.05, 0) is 59.9 Å². The number of aryl methyl sites for hydroxylation is 1. The molecule has 0 aromatic heterocycles. The first-order valence-corrected chi connectivity index (χ1v) is 11.4. The Morgan fingerprint density at radius 2 is 1.34 bits per heavy atom. The maximum atomic E-state index is 13.5. The molecule has 0 aliphatic rings. The molecular weight excluding hydrogens is 383 g/mol. The molecule has 152 valence electrons. The highest BCUT2D eigenvalue weighted by atomic mass is 31.2. The zero-order valence-corrected chi connectivity index (χ0v) is 18.0. The van der Waals surface area contributed by atoms with Gasteiger partial charge in [0, 0.05) is 0 Å². The highest BCUT2D eigenvalue weighted by Gasteiger charge is 2.33. The summed E-state index contributed by atoms with van der Waals surface area (Å²) >= 11 is 0. The van der Waals surface area contributed by atoms with Gasteiger partial charge in [0.15, 0.2) is 0 Å². The minimum absolute atomic E-state index is 0.319. The molecule has 0 radical (unpaired) electrons. The molecule has 0 saturated heterocycles. The molecule has 1 atom stereocenters. The van der Waals surface area contributed by atoms with E-state index in [1.165, 1.54) is 5.56 Å². The molecule has 29 heavy (non-hydrogen) atoms. The van der Waals surface area contributed by atoms with Gasteiger partial charge in [-0.2, -0.15) is 4.57 Å². The first-order chi connectivity index (χ1) is 14.0. The Labute approximate surface area is 173 Å². The van der Waals surface area contributed by atoms with E-state index in [9.17, 15) is 4.57 Å². The third-order valence-corrected chi connectivity index (χ3v) is 5.68. The van der Waals surface area contributed by atoms with Gasteiger partial charge in [-0.25, -0.2) is 0 Å². The van der Waals surface area contributed by atoms with Crippen LogP contribution in [0.25, 0.3) is 0 Å². The Morgan fingerprint density at radius 3 is 1.97 bits per heavy atom.